The first-order chi connectivity index (χ1) is 12.8. The Hall–Kier alpha value is -2.37. The number of piperidine rings is 1. The lowest BCUT2D eigenvalue weighted by Crippen LogP contribution is -2.51. The molecule has 1 saturated heterocycles. The number of hydrogen-bond acceptors (Lipinski definition) is 3. The van der Waals surface area contributed by atoms with E-state index in [1.54, 1.807) is 0 Å². The zero-order valence-electron chi connectivity index (χ0n) is 16.1. The van der Waals surface area contributed by atoms with Gasteiger partial charge in [-0.15, -0.1) is 0 Å². The molecule has 0 spiro atoms. The van der Waals surface area contributed by atoms with Gasteiger partial charge in [-0.05, 0) is 44.2 Å². The van der Waals surface area contributed by atoms with Crippen molar-refractivity contribution in [1.82, 2.24) is 9.80 Å². The van der Waals surface area contributed by atoms with Gasteiger partial charge in [-0.25, -0.2) is 4.79 Å². The third-order valence-electron chi connectivity index (χ3n) is 5.86. The van der Waals surface area contributed by atoms with Gasteiger partial charge in [0.2, 0.25) is 11.8 Å². The zero-order chi connectivity index (χ0) is 19.6. The van der Waals surface area contributed by atoms with E-state index < -0.39 is 12.0 Å². The molecule has 27 heavy (non-hydrogen) atoms. The molecule has 1 aromatic rings. The van der Waals surface area contributed by atoms with Crippen LogP contribution in [-0.4, -0.2) is 50.8 Å². The summed E-state index contributed by atoms with van der Waals surface area (Å²) in [4.78, 5) is 40.4. The SMILES string of the molecule is CC1(C)CCCCN1C(=O)CCC(=O)N1Cc2ccccc2CC1C(=O)O. The first kappa shape index (κ1) is 19.4. The predicted molar refractivity (Wildman–Crippen MR) is 101 cm³/mol. The van der Waals surface area contributed by atoms with Crippen molar-refractivity contribution in [2.24, 2.45) is 0 Å². The minimum Gasteiger partial charge on any atom is -0.480 e. The van der Waals surface area contributed by atoms with Crippen LogP contribution in [0.2, 0.25) is 0 Å². The number of likely N-dealkylation sites (tertiary alicyclic amines) is 1. The third kappa shape index (κ3) is 4.15. The summed E-state index contributed by atoms with van der Waals surface area (Å²) >= 11 is 0. The fourth-order valence-corrected chi connectivity index (χ4v) is 4.23. The number of nitrogens with zero attached hydrogens (tertiary/aromatic N) is 2. The van der Waals surface area contributed by atoms with Crippen molar-refractivity contribution in [2.45, 2.75) is 70.5 Å². The molecule has 0 bridgehead atoms. The Kier molecular flexibility index (Phi) is 5.53. The molecule has 2 aliphatic rings. The van der Waals surface area contributed by atoms with Gasteiger partial charge in [0.1, 0.15) is 6.04 Å². The molecule has 1 unspecified atom stereocenters. The van der Waals surface area contributed by atoms with Crippen molar-refractivity contribution < 1.29 is 19.5 Å². The number of aliphatic carboxylic acids is 1. The zero-order valence-corrected chi connectivity index (χ0v) is 16.1. The Morgan fingerprint density at radius 3 is 2.41 bits per heavy atom. The Morgan fingerprint density at radius 2 is 1.74 bits per heavy atom. The van der Waals surface area contributed by atoms with E-state index >= 15 is 0 Å². The van der Waals surface area contributed by atoms with Crippen LogP contribution in [0, 0.1) is 0 Å². The van der Waals surface area contributed by atoms with E-state index in [4.69, 9.17) is 0 Å². The highest BCUT2D eigenvalue weighted by atomic mass is 16.4. The third-order valence-corrected chi connectivity index (χ3v) is 5.86. The lowest BCUT2D eigenvalue weighted by atomic mass is 9.90. The highest BCUT2D eigenvalue weighted by Crippen LogP contribution is 2.29. The maximum Gasteiger partial charge on any atom is 0.326 e. The van der Waals surface area contributed by atoms with Crippen LogP contribution in [0.4, 0.5) is 0 Å². The summed E-state index contributed by atoms with van der Waals surface area (Å²) < 4.78 is 0. The molecule has 0 radical (unpaired) electrons. The van der Waals surface area contributed by atoms with Gasteiger partial charge in [-0.1, -0.05) is 24.3 Å². The van der Waals surface area contributed by atoms with E-state index in [2.05, 4.69) is 13.8 Å². The number of carbonyl (C=O) groups excluding carboxylic acids is 2. The van der Waals surface area contributed by atoms with Gasteiger partial charge < -0.3 is 14.9 Å². The molecule has 2 aliphatic heterocycles. The number of benzene rings is 1. The van der Waals surface area contributed by atoms with Crippen LogP contribution in [0.3, 0.4) is 0 Å². The summed E-state index contributed by atoms with van der Waals surface area (Å²) in [5.74, 6) is -1.28. The molecule has 0 saturated carbocycles. The van der Waals surface area contributed by atoms with Gasteiger partial charge in [-0.2, -0.15) is 0 Å². The largest absolute Gasteiger partial charge is 0.480 e. The van der Waals surface area contributed by atoms with Gasteiger partial charge in [0.05, 0.1) is 0 Å². The molecule has 1 N–H and O–H groups in total. The van der Waals surface area contributed by atoms with Crippen LogP contribution in [0.25, 0.3) is 0 Å². The van der Waals surface area contributed by atoms with Crippen LogP contribution in [-0.2, 0) is 27.3 Å². The van der Waals surface area contributed by atoms with E-state index in [0.29, 0.717) is 6.42 Å². The van der Waals surface area contributed by atoms with Crippen molar-refractivity contribution in [3.63, 3.8) is 0 Å². The summed E-state index contributed by atoms with van der Waals surface area (Å²) in [6, 6.07) is 6.75. The van der Waals surface area contributed by atoms with Crippen LogP contribution in [0.1, 0.15) is 57.1 Å². The molecular formula is C21H28N2O4. The topological polar surface area (TPSA) is 77.9 Å². The van der Waals surface area contributed by atoms with Crippen molar-refractivity contribution in [1.29, 1.82) is 0 Å². The van der Waals surface area contributed by atoms with Gasteiger partial charge >= 0.3 is 5.97 Å². The maximum atomic E-state index is 12.8. The summed E-state index contributed by atoms with van der Waals surface area (Å²) in [7, 11) is 0. The molecule has 2 heterocycles. The van der Waals surface area contributed by atoms with E-state index in [0.717, 1.165) is 36.9 Å². The molecule has 0 aromatic heterocycles. The van der Waals surface area contributed by atoms with Crippen LogP contribution >= 0.6 is 0 Å². The highest BCUT2D eigenvalue weighted by molar-refractivity contribution is 5.87. The average Bonchev–Trinajstić information content (AvgIpc) is 2.64. The van der Waals surface area contributed by atoms with Crippen LogP contribution in [0.5, 0.6) is 0 Å². The van der Waals surface area contributed by atoms with Crippen molar-refractivity contribution in [2.75, 3.05) is 6.54 Å². The van der Waals surface area contributed by atoms with Crippen LogP contribution in [0.15, 0.2) is 24.3 Å². The van der Waals surface area contributed by atoms with Gasteiger partial charge in [0, 0.05) is 37.9 Å². The molecule has 1 atom stereocenters. The van der Waals surface area contributed by atoms with E-state index in [1.807, 2.05) is 29.2 Å². The first-order valence-corrected chi connectivity index (χ1v) is 9.69. The molecule has 1 aromatic carbocycles. The monoisotopic (exact) mass is 372 g/mol. The first-order valence-electron chi connectivity index (χ1n) is 9.69. The quantitative estimate of drug-likeness (QED) is 0.881. The predicted octanol–water partition coefficient (Wildman–Crippen LogP) is 2.60. The summed E-state index contributed by atoms with van der Waals surface area (Å²) in [5, 5.41) is 9.56. The smallest absolute Gasteiger partial charge is 0.326 e. The second-order valence-corrected chi connectivity index (χ2v) is 8.16. The van der Waals surface area contributed by atoms with E-state index in [1.165, 1.54) is 4.90 Å². The second-order valence-electron chi connectivity index (χ2n) is 8.16. The molecular weight excluding hydrogens is 344 g/mol. The fraction of sp³-hybridized carbons (Fsp3) is 0.571. The van der Waals surface area contributed by atoms with Crippen molar-refractivity contribution >= 4 is 17.8 Å². The fourth-order valence-electron chi connectivity index (χ4n) is 4.23. The Bertz CT molecular complexity index is 743. The number of rotatable bonds is 4. The minimum absolute atomic E-state index is 0.0164. The summed E-state index contributed by atoms with van der Waals surface area (Å²) in [5.41, 5.74) is 1.78. The maximum absolute atomic E-state index is 12.8. The number of amides is 2. The molecule has 1 fully saturated rings. The normalized spacial score (nSPS) is 21.5. The average molecular weight is 372 g/mol. The molecule has 2 amide bonds. The van der Waals surface area contributed by atoms with Gasteiger partial charge in [0.25, 0.3) is 0 Å². The van der Waals surface area contributed by atoms with Gasteiger partial charge in [0.15, 0.2) is 0 Å². The second kappa shape index (κ2) is 7.71. The number of carbonyl (C=O) groups is 3. The Morgan fingerprint density at radius 1 is 1.07 bits per heavy atom. The van der Waals surface area contributed by atoms with Crippen molar-refractivity contribution in [3.05, 3.63) is 35.4 Å². The van der Waals surface area contributed by atoms with Gasteiger partial charge in [-0.3, -0.25) is 9.59 Å². The number of fused-ring (bicyclic) bond motifs is 1. The lowest BCUT2D eigenvalue weighted by Gasteiger charge is -2.42. The molecule has 3 rings (SSSR count). The standard InChI is InChI=1S/C21H28N2O4/c1-21(2)11-5-6-12-23(21)19(25)10-9-18(24)22-14-16-8-4-3-7-15(16)13-17(22)20(26)27/h3-4,7-8,17H,5-6,9-14H2,1-2H3,(H,26,27). The highest BCUT2D eigenvalue weighted by Gasteiger charge is 2.36. The molecule has 6 heteroatoms. The molecule has 0 aliphatic carbocycles. The molecule has 6 nitrogen and oxygen atoms in total. The summed E-state index contributed by atoms with van der Waals surface area (Å²) in [6.07, 6.45) is 3.57. The van der Waals surface area contributed by atoms with Crippen LogP contribution < -0.4 is 0 Å². The number of hydrogen-bond donors (Lipinski definition) is 1. The molecule has 146 valence electrons. The minimum atomic E-state index is -0.999. The Labute approximate surface area is 160 Å². The Balaban J connectivity index is 1.66. The number of carboxylic acid groups (broad SMARTS) is 1. The number of carboxylic acids is 1. The van der Waals surface area contributed by atoms with Crippen molar-refractivity contribution in [3.8, 4) is 0 Å². The summed E-state index contributed by atoms with van der Waals surface area (Å²) in [6.45, 7) is 5.14. The van der Waals surface area contributed by atoms with E-state index in [9.17, 15) is 19.5 Å². The van der Waals surface area contributed by atoms with E-state index in [-0.39, 0.29) is 36.7 Å². The lowest BCUT2D eigenvalue weighted by molar-refractivity contribution is -0.152.